The van der Waals surface area contributed by atoms with E-state index in [0.717, 1.165) is 0 Å². The fourth-order valence-corrected chi connectivity index (χ4v) is 1.50. The summed E-state index contributed by atoms with van der Waals surface area (Å²) in [7, 11) is 0. The first-order valence-corrected chi connectivity index (χ1v) is 5.12. The standard InChI is InChI=1S/C12H9FN2O3/c1-8-12(15(16)17)11(18-14-8)6-5-9-3-2-4-10(13)7-9/h2-7H,1H3. The summed E-state index contributed by atoms with van der Waals surface area (Å²) >= 11 is 0. The van der Waals surface area contributed by atoms with Gasteiger partial charge in [-0.3, -0.25) is 10.1 Å². The first-order valence-electron chi connectivity index (χ1n) is 5.12. The molecule has 0 aliphatic rings. The number of hydrogen-bond acceptors (Lipinski definition) is 4. The van der Waals surface area contributed by atoms with Gasteiger partial charge in [0.25, 0.3) is 0 Å². The lowest BCUT2D eigenvalue weighted by Crippen LogP contribution is -1.90. The van der Waals surface area contributed by atoms with Gasteiger partial charge in [-0.1, -0.05) is 23.4 Å². The molecule has 5 nitrogen and oxygen atoms in total. The van der Waals surface area contributed by atoms with Crippen LogP contribution in [0, 0.1) is 22.9 Å². The Hall–Kier alpha value is -2.50. The highest BCUT2D eigenvalue weighted by Gasteiger charge is 2.21. The van der Waals surface area contributed by atoms with E-state index >= 15 is 0 Å². The maximum Gasteiger partial charge on any atom is 0.338 e. The highest BCUT2D eigenvalue weighted by molar-refractivity contribution is 5.71. The molecular formula is C12H9FN2O3. The molecule has 92 valence electrons. The minimum absolute atomic E-state index is 0.0433. The van der Waals surface area contributed by atoms with Gasteiger partial charge in [-0.25, -0.2) is 4.39 Å². The van der Waals surface area contributed by atoms with Crippen molar-refractivity contribution < 1.29 is 13.8 Å². The number of rotatable bonds is 3. The Morgan fingerprint density at radius 1 is 1.44 bits per heavy atom. The van der Waals surface area contributed by atoms with Crippen LogP contribution in [0.5, 0.6) is 0 Å². The van der Waals surface area contributed by atoms with Gasteiger partial charge >= 0.3 is 5.69 Å². The lowest BCUT2D eigenvalue weighted by atomic mass is 10.2. The van der Waals surface area contributed by atoms with Crippen molar-refractivity contribution in [2.75, 3.05) is 0 Å². The zero-order valence-electron chi connectivity index (χ0n) is 9.46. The fourth-order valence-electron chi connectivity index (χ4n) is 1.50. The summed E-state index contributed by atoms with van der Waals surface area (Å²) in [5.74, 6) is -0.331. The molecule has 0 unspecified atom stereocenters. The van der Waals surface area contributed by atoms with Crippen LogP contribution >= 0.6 is 0 Å². The summed E-state index contributed by atoms with van der Waals surface area (Å²) < 4.78 is 17.8. The molecule has 0 spiro atoms. The van der Waals surface area contributed by atoms with Crippen molar-refractivity contribution in [2.45, 2.75) is 6.92 Å². The van der Waals surface area contributed by atoms with Crippen LogP contribution in [-0.2, 0) is 0 Å². The van der Waals surface area contributed by atoms with Gasteiger partial charge in [0, 0.05) is 0 Å². The molecule has 0 saturated heterocycles. The van der Waals surface area contributed by atoms with Gasteiger partial charge in [-0.2, -0.15) is 0 Å². The molecule has 18 heavy (non-hydrogen) atoms. The van der Waals surface area contributed by atoms with Crippen molar-refractivity contribution in [2.24, 2.45) is 0 Å². The van der Waals surface area contributed by atoms with Crippen molar-refractivity contribution in [3.63, 3.8) is 0 Å². The molecule has 0 bridgehead atoms. The molecule has 0 atom stereocenters. The van der Waals surface area contributed by atoms with Crippen molar-refractivity contribution in [1.82, 2.24) is 5.16 Å². The minimum atomic E-state index is -0.558. The summed E-state index contributed by atoms with van der Waals surface area (Å²) in [6.45, 7) is 1.49. The van der Waals surface area contributed by atoms with Crippen LogP contribution in [0.3, 0.4) is 0 Å². The van der Waals surface area contributed by atoms with Crippen LogP contribution < -0.4 is 0 Å². The Balaban J connectivity index is 2.32. The Morgan fingerprint density at radius 3 is 2.89 bits per heavy atom. The Morgan fingerprint density at radius 2 is 2.22 bits per heavy atom. The maximum atomic E-state index is 12.9. The normalized spacial score (nSPS) is 11.0. The quantitative estimate of drug-likeness (QED) is 0.617. The second-order valence-corrected chi connectivity index (χ2v) is 3.63. The highest BCUT2D eigenvalue weighted by Crippen LogP contribution is 2.24. The van der Waals surface area contributed by atoms with E-state index in [0.29, 0.717) is 5.56 Å². The summed E-state index contributed by atoms with van der Waals surface area (Å²) in [6, 6.07) is 5.85. The molecule has 2 aromatic rings. The lowest BCUT2D eigenvalue weighted by molar-refractivity contribution is -0.386. The summed E-state index contributed by atoms with van der Waals surface area (Å²) in [5.41, 5.74) is 0.611. The molecule has 0 aliphatic heterocycles. The van der Waals surface area contributed by atoms with E-state index in [1.54, 1.807) is 12.1 Å². The molecule has 0 saturated carbocycles. The smallest absolute Gasteiger partial charge is 0.338 e. The number of benzene rings is 1. The maximum absolute atomic E-state index is 12.9. The topological polar surface area (TPSA) is 69.2 Å². The van der Waals surface area contributed by atoms with Gasteiger partial charge in [-0.05, 0) is 30.7 Å². The van der Waals surface area contributed by atoms with E-state index < -0.39 is 4.92 Å². The molecule has 1 heterocycles. The third-order valence-corrected chi connectivity index (χ3v) is 2.32. The van der Waals surface area contributed by atoms with Crippen LogP contribution in [0.2, 0.25) is 0 Å². The first kappa shape index (κ1) is 12.0. The molecule has 0 aliphatic carbocycles. The van der Waals surface area contributed by atoms with Crippen LogP contribution in [-0.4, -0.2) is 10.1 Å². The molecule has 1 aromatic heterocycles. The van der Waals surface area contributed by atoms with Crippen molar-refractivity contribution in [1.29, 1.82) is 0 Å². The lowest BCUT2D eigenvalue weighted by Gasteiger charge is -1.92. The predicted octanol–water partition coefficient (Wildman–Crippen LogP) is 3.20. The summed E-state index contributed by atoms with van der Waals surface area (Å²) in [5, 5.41) is 14.3. The number of aromatic nitrogens is 1. The number of nitrogens with zero attached hydrogens (tertiary/aromatic N) is 2. The summed E-state index contributed by atoms with van der Waals surface area (Å²) in [4.78, 5) is 10.2. The third-order valence-electron chi connectivity index (χ3n) is 2.32. The van der Waals surface area contributed by atoms with E-state index in [-0.39, 0.29) is 23.0 Å². The molecule has 2 rings (SSSR count). The van der Waals surface area contributed by atoms with Gasteiger partial charge < -0.3 is 4.52 Å². The van der Waals surface area contributed by atoms with Crippen LogP contribution in [0.15, 0.2) is 28.8 Å². The fraction of sp³-hybridized carbons (Fsp3) is 0.0833. The van der Waals surface area contributed by atoms with Gasteiger partial charge in [0.2, 0.25) is 5.76 Å². The van der Waals surface area contributed by atoms with Gasteiger partial charge in [-0.15, -0.1) is 0 Å². The van der Waals surface area contributed by atoms with E-state index in [9.17, 15) is 14.5 Å². The van der Waals surface area contributed by atoms with Crippen molar-refractivity contribution in [3.05, 3.63) is 57.2 Å². The van der Waals surface area contributed by atoms with Gasteiger partial charge in [0.15, 0.2) is 5.69 Å². The second-order valence-electron chi connectivity index (χ2n) is 3.63. The van der Waals surface area contributed by atoms with Crippen molar-refractivity contribution in [3.8, 4) is 0 Å². The molecule has 6 heteroatoms. The Bertz CT molecular complexity index is 620. The molecule has 0 amide bonds. The molecule has 0 fully saturated rings. The minimum Gasteiger partial charge on any atom is -0.349 e. The monoisotopic (exact) mass is 248 g/mol. The number of hydrogen-bond donors (Lipinski definition) is 0. The van der Waals surface area contributed by atoms with Crippen LogP contribution in [0.25, 0.3) is 12.2 Å². The third kappa shape index (κ3) is 2.42. The van der Waals surface area contributed by atoms with Crippen LogP contribution in [0.1, 0.15) is 17.0 Å². The van der Waals surface area contributed by atoms with E-state index in [1.807, 2.05) is 0 Å². The zero-order valence-corrected chi connectivity index (χ0v) is 9.46. The Labute approximate surface area is 102 Å². The van der Waals surface area contributed by atoms with E-state index in [2.05, 4.69) is 5.16 Å². The van der Waals surface area contributed by atoms with Gasteiger partial charge in [0.1, 0.15) is 5.82 Å². The van der Waals surface area contributed by atoms with Crippen molar-refractivity contribution >= 4 is 17.8 Å². The number of aryl methyl sites for hydroxylation is 1. The number of halogens is 1. The predicted molar refractivity (Wildman–Crippen MR) is 63.2 cm³/mol. The van der Waals surface area contributed by atoms with Crippen LogP contribution in [0.4, 0.5) is 10.1 Å². The summed E-state index contributed by atoms with van der Waals surface area (Å²) in [6.07, 6.45) is 2.92. The largest absolute Gasteiger partial charge is 0.349 e. The molecule has 1 aromatic carbocycles. The Kier molecular flexibility index (Phi) is 3.18. The second kappa shape index (κ2) is 4.79. The zero-order chi connectivity index (χ0) is 13.1. The molecular weight excluding hydrogens is 239 g/mol. The highest BCUT2D eigenvalue weighted by atomic mass is 19.1. The average Bonchev–Trinajstić information content (AvgIpc) is 2.68. The molecule has 0 radical (unpaired) electrons. The van der Waals surface area contributed by atoms with Gasteiger partial charge in [0.05, 0.1) is 4.92 Å². The van der Waals surface area contributed by atoms with E-state index in [1.165, 1.54) is 31.2 Å². The number of nitro groups is 1. The van der Waals surface area contributed by atoms with E-state index in [4.69, 9.17) is 4.52 Å². The first-order chi connectivity index (χ1) is 8.58. The SMILES string of the molecule is Cc1noc(C=Cc2cccc(F)c2)c1[N+](=O)[O-]. The molecule has 0 N–H and O–H groups in total. The average molecular weight is 248 g/mol.